The molecule has 1 heterocycles. The Morgan fingerprint density at radius 3 is 2.71 bits per heavy atom. The summed E-state index contributed by atoms with van der Waals surface area (Å²) >= 11 is 0. The van der Waals surface area contributed by atoms with Gasteiger partial charge in [0.1, 0.15) is 0 Å². The minimum Gasteiger partial charge on any atom is -0.381 e. The zero-order valence-corrected chi connectivity index (χ0v) is 10.5. The van der Waals surface area contributed by atoms with E-state index < -0.39 is 0 Å². The summed E-state index contributed by atoms with van der Waals surface area (Å²) in [5.41, 5.74) is 5.77. The summed E-state index contributed by atoms with van der Waals surface area (Å²) in [4.78, 5) is 14.0. The normalized spacial score (nSPS) is 29.5. The van der Waals surface area contributed by atoms with E-state index >= 15 is 0 Å². The summed E-state index contributed by atoms with van der Waals surface area (Å²) in [5, 5.41) is 0. The summed E-state index contributed by atoms with van der Waals surface area (Å²) in [5.74, 6) is 0.798. The molecular formula is C13H22N2O2. The monoisotopic (exact) mass is 238 g/mol. The van der Waals surface area contributed by atoms with E-state index in [-0.39, 0.29) is 17.9 Å². The van der Waals surface area contributed by atoms with Crippen LogP contribution in [0.15, 0.2) is 12.2 Å². The molecule has 1 fully saturated rings. The number of amides is 1. The second-order valence-corrected chi connectivity index (χ2v) is 5.17. The molecule has 4 heteroatoms. The highest BCUT2D eigenvalue weighted by molar-refractivity contribution is 5.81. The number of carbonyl (C=O) groups excluding carboxylic acids is 1. The van der Waals surface area contributed by atoms with Crippen molar-refractivity contribution in [1.82, 2.24) is 4.90 Å². The van der Waals surface area contributed by atoms with E-state index in [9.17, 15) is 4.79 Å². The van der Waals surface area contributed by atoms with Crippen LogP contribution in [-0.4, -0.2) is 43.7 Å². The number of hydrogen-bond acceptors (Lipinski definition) is 3. The molecule has 0 radical (unpaired) electrons. The average molecular weight is 238 g/mol. The van der Waals surface area contributed by atoms with Crippen molar-refractivity contribution in [2.24, 2.45) is 17.6 Å². The Morgan fingerprint density at radius 2 is 2.12 bits per heavy atom. The van der Waals surface area contributed by atoms with Crippen molar-refractivity contribution in [1.29, 1.82) is 0 Å². The van der Waals surface area contributed by atoms with Gasteiger partial charge < -0.3 is 15.4 Å². The molecule has 0 saturated carbocycles. The quantitative estimate of drug-likeness (QED) is 0.739. The predicted molar refractivity (Wildman–Crippen MR) is 66.4 cm³/mol. The van der Waals surface area contributed by atoms with Gasteiger partial charge in [0.05, 0.1) is 5.92 Å². The fraction of sp³-hybridized carbons (Fsp3) is 0.769. The zero-order chi connectivity index (χ0) is 12.3. The van der Waals surface area contributed by atoms with E-state index in [2.05, 4.69) is 0 Å². The largest absolute Gasteiger partial charge is 0.381 e. The van der Waals surface area contributed by atoms with Gasteiger partial charge in [0, 0.05) is 32.8 Å². The summed E-state index contributed by atoms with van der Waals surface area (Å²) in [7, 11) is 1.90. The first-order valence-electron chi connectivity index (χ1n) is 6.43. The van der Waals surface area contributed by atoms with Crippen LogP contribution in [0.4, 0.5) is 0 Å². The lowest BCUT2D eigenvalue weighted by molar-refractivity contribution is -0.133. The number of nitrogens with zero attached hydrogens (tertiary/aromatic N) is 1. The van der Waals surface area contributed by atoms with Crippen LogP contribution in [0, 0.1) is 11.8 Å². The van der Waals surface area contributed by atoms with Crippen LogP contribution in [0.2, 0.25) is 0 Å². The van der Waals surface area contributed by atoms with Gasteiger partial charge in [-0.3, -0.25) is 4.79 Å². The first kappa shape index (κ1) is 12.6. The molecule has 0 spiro atoms. The summed E-state index contributed by atoms with van der Waals surface area (Å²) in [6.45, 7) is 2.52. The summed E-state index contributed by atoms with van der Waals surface area (Å²) in [6, 6.07) is 0.0560. The van der Waals surface area contributed by atoms with Crippen LogP contribution in [0.5, 0.6) is 0 Å². The van der Waals surface area contributed by atoms with Crippen molar-refractivity contribution >= 4 is 5.91 Å². The molecule has 1 aliphatic heterocycles. The van der Waals surface area contributed by atoms with Gasteiger partial charge in [0.2, 0.25) is 5.91 Å². The van der Waals surface area contributed by atoms with Crippen molar-refractivity contribution in [3.05, 3.63) is 12.2 Å². The molecule has 2 unspecified atom stereocenters. The Morgan fingerprint density at radius 1 is 1.41 bits per heavy atom. The highest BCUT2D eigenvalue weighted by Gasteiger charge is 2.27. The molecule has 1 saturated heterocycles. The second-order valence-electron chi connectivity index (χ2n) is 5.17. The SMILES string of the molecule is CN(CC1CCOCC1)C(=O)C1C=CC(N)C1. The fourth-order valence-corrected chi connectivity index (χ4v) is 2.60. The van der Waals surface area contributed by atoms with Crippen molar-refractivity contribution in [2.75, 3.05) is 26.8 Å². The zero-order valence-electron chi connectivity index (χ0n) is 10.5. The molecule has 2 atom stereocenters. The molecule has 1 aliphatic carbocycles. The van der Waals surface area contributed by atoms with E-state index in [0.717, 1.165) is 39.0 Å². The Labute approximate surface area is 103 Å². The Kier molecular flexibility index (Phi) is 4.18. The van der Waals surface area contributed by atoms with Crippen LogP contribution in [-0.2, 0) is 9.53 Å². The van der Waals surface area contributed by atoms with Crippen LogP contribution in [0.25, 0.3) is 0 Å². The third-order valence-electron chi connectivity index (χ3n) is 3.68. The topological polar surface area (TPSA) is 55.6 Å². The second kappa shape index (κ2) is 5.65. The molecule has 1 amide bonds. The number of hydrogen-bond donors (Lipinski definition) is 1. The van der Waals surface area contributed by atoms with Gasteiger partial charge in [-0.2, -0.15) is 0 Å². The molecule has 0 aromatic carbocycles. The first-order valence-corrected chi connectivity index (χ1v) is 6.43. The molecule has 17 heavy (non-hydrogen) atoms. The van der Waals surface area contributed by atoms with Crippen LogP contribution in [0.1, 0.15) is 19.3 Å². The highest BCUT2D eigenvalue weighted by Crippen LogP contribution is 2.21. The van der Waals surface area contributed by atoms with Crippen molar-refractivity contribution in [2.45, 2.75) is 25.3 Å². The number of nitrogens with two attached hydrogens (primary N) is 1. The number of carbonyl (C=O) groups is 1. The van der Waals surface area contributed by atoms with Gasteiger partial charge in [0.15, 0.2) is 0 Å². The maximum Gasteiger partial charge on any atom is 0.229 e. The number of rotatable bonds is 3. The van der Waals surface area contributed by atoms with E-state index in [1.54, 1.807) is 0 Å². The summed E-state index contributed by atoms with van der Waals surface area (Å²) in [6.07, 6.45) is 6.78. The van der Waals surface area contributed by atoms with Gasteiger partial charge >= 0.3 is 0 Å². The first-order chi connectivity index (χ1) is 8.16. The molecule has 2 N–H and O–H groups in total. The van der Waals surface area contributed by atoms with Gasteiger partial charge in [-0.1, -0.05) is 12.2 Å². The predicted octanol–water partition coefficient (Wildman–Crippen LogP) is 0.775. The molecule has 0 aromatic rings. The molecule has 0 bridgehead atoms. The van der Waals surface area contributed by atoms with Crippen molar-refractivity contribution in [3.8, 4) is 0 Å². The molecule has 2 aliphatic rings. The minimum atomic E-state index is -0.00478. The van der Waals surface area contributed by atoms with Crippen molar-refractivity contribution in [3.63, 3.8) is 0 Å². The molecular weight excluding hydrogens is 216 g/mol. The standard InChI is InChI=1S/C13H22N2O2/c1-15(9-10-4-6-17-7-5-10)13(16)11-2-3-12(14)8-11/h2-3,10-12H,4-9,14H2,1H3. The van der Waals surface area contributed by atoms with Crippen LogP contribution < -0.4 is 5.73 Å². The third-order valence-corrected chi connectivity index (χ3v) is 3.68. The van der Waals surface area contributed by atoms with E-state index in [1.807, 2.05) is 24.1 Å². The average Bonchev–Trinajstić information content (AvgIpc) is 2.76. The lowest BCUT2D eigenvalue weighted by atomic mass is 9.99. The van der Waals surface area contributed by atoms with E-state index in [1.165, 1.54) is 0 Å². The maximum atomic E-state index is 12.2. The minimum absolute atomic E-state index is 0.00478. The van der Waals surface area contributed by atoms with E-state index in [0.29, 0.717) is 5.92 Å². The Bertz CT molecular complexity index is 298. The number of ether oxygens (including phenoxy) is 1. The van der Waals surface area contributed by atoms with Crippen LogP contribution in [0.3, 0.4) is 0 Å². The van der Waals surface area contributed by atoms with Gasteiger partial charge in [-0.05, 0) is 25.2 Å². The van der Waals surface area contributed by atoms with Crippen LogP contribution >= 0.6 is 0 Å². The van der Waals surface area contributed by atoms with Gasteiger partial charge in [-0.15, -0.1) is 0 Å². The van der Waals surface area contributed by atoms with Gasteiger partial charge in [-0.25, -0.2) is 0 Å². The summed E-state index contributed by atoms with van der Waals surface area (Å²) < 4.78 is 5.32. The van der Waals surface area contributed by atoms with Crippen molar-refractivity contribution < 1.29 is 9.53 Å². The Hall–Kier alpha value is -0.870. The third kappa shape index (κ3) is 3.30. The Balaban J connectivity index is 1.80. The highest BCUT2D eigenvalue weighted by atomic mass is 16.5. The molecule has 0 aromatic heterocycles. The lowest BCUT2D eigenvalue weighted by Crippen LogP contribution is -2.37. The maximum absolute atomic E-state index is 12.2. The van der Waals surface area contributed by atoms with E-state index in [4.69, 9.17) is 10.5 Å². The lowest BCUT2D eigenvalue weighted by Gasteiger charge is -2.28. The fourth-order valence-electron chi connectivity index (χ4n) is 2.60. The molecule has 96 valence electrons. The smallest absolute Gasteiger partial charge is 0.229 e. The van der Waals surface area contributed by atoms with Gasteiger partial charge in [0.25, 0.3) is 0 Å². The molecule has 4 nitrogen and oxygen atoms in total. The molecule has 2 rings (SSSR count).